The number of pyridine rings is 1. The minimum Gasteiger partial charge on any atom is -0.366 e. The summed E-state index contributed by atoms with van der Waals surface area (Å²) in [5.41, 5.74) is -0.646. The fraction of sp³-hybridized carbons (Fsp3) is 0.0526. The summed E-state index contributed by atoms with van der Waals surface area (Å²) in [5, 5.41) is 27.3. The van der Waals surface area contributed by atoms with Crippen molar-refractivity contribution in [2.75, 3.05) is 10.6 Å². The molecule has 0 fully saturated rings. The molecular formula is C19H14FN5O5. The number of non-ortho nitro benzene ring substituents is 2. The molecule has 1 amide bonds. The Morgan fingerprint density at radius 2 is 1.67 bits per heavy atom. The number of nitro groups is 2. The van der Waals surface area contributed by atoms with Crippen molar-refractivity contribution >= 4 is 28.8 Å². The first-order valence-corrected chi connectivity index (χ1v) is 8.52. The van der Waals surface area contributed by atoms with E-state index in [1.165, 1.54) is 18.3 Å². The van der Waals surface area contributed by atoms with Crippen molar-refractivity contribution in [2.45, 2.75) is 6.54 Å². The summed E-state index contributed by atoms with van der Waals surface area (Å²) < 4.78 is 13.6. The molecule has 0 saturated heterocycles. The van der Waals surface area contributed by atoms with Gasteiger partial charge in [-0.05, 0) is 18.2 Å². The van der Waals surface area contributed by atoms with E-state index in [2.05, 4.69) is 15.6 Å². The zero-order valence-electron chi connectivity index (χ0n) is 15.2. The first kappa shape index (κ1) is 20.3. The second kappa shape index (κ2) is 8.73. The van der Waals surface area contributed by atoms with Crippen LogP contribution in [0.25, 0.3) is 0 Å². The maximum Gasteiger partial charge on any atom is 0.277 e. The van der Waals surface area contributed by atoms with E-state index in [9.17, 15) is 29.4 Å². The third kappa shape index (κ3) is 4.90. The molecule has 30 heavy (non-hydrogen) atoms. The van der Waals surface area contributed by atoms with E-state index in [1.807, 2.05) is 0 Å². The highest BCUT2D eigenvalue weighted by atomic mass is 19.1. The maximum atomic E-state index is 13.6. The normalized spacial score (nSPS) is 10.3. The van der Waals surface area contributed by atoms with Crippen LogP contribution in [0.15, 0.2) is 60.8 Å². The summed E-state index contributed by atoms with van der Waals surface area (Å²) in [7, 11) is 0. The van der Waals surface area contributed by atoms with E-state index in [0.717, 1.165) is 18.2 Å². The zero-order valence-corrected chi connectivity index (χ0v) is 15.2. The molecule has 0 saturated carbocycles. The molecule has 0 aliphatic heterocycles. The van der Waals surface area contributed by atoms with Gasteiger partial charge in [0.05, 0.1) is 33.4 Å². The lowest BCUT2D eigenvalue weighted by molar-refractivity contribution is -0.394. The van der Waals surface area contributed by atoms with Gasteiger partial charge < -0.3 is 10.6 Å². The summed E-state index contributed by atoms with van der Waals surface area (Å²) >= 11 is 0. The largest absolute Gasteiger partial charge is 0.366 e. The van der Waals surface area contributed by atoms with Gasteiger partial charge in [0.1, 0.15) is 11.6 Å². The lowest BCUT2D eigenvalue weighted by atomic mass is 10.1. The lowest BCUT2D eigenvalue weighted by Crippen LogP contribution is -2.13. The summed E-state index contributed by atoms with van der Waals surface area (Å²) in [4.78, 5) is 36.7. The van der Waals surface area contributed by atoms with Crippen LogP contribution in [-0.2, 0) is 6.54 Å². The third-order valence-corrected chi connectivity index (χ3v) is 4.03. The van der Waals surface area contributed by atoms with Gasteiger partial charge in [0, 0.05) is 24.2 Å². The van der Waals surface area contributed by atoms with Gasteiger partial charge in [0.15, 0.2) is 0 Å². The van der Waals surface area contributed by atoms with Crippen molar-refractivity contribution in [1.82, 2.24) is 4.98 Å². The second-order valence-corrected chi connectivity index (χ2v) is 6.08. The molecule has 2 N–H and O–H groups in total. The van der Waals surface area contributed by atoms with Crippen molar-refractivity contribution in [1.29, 1.82) is 0 Å². The van der Waals surface area contributed by atoms with Gasteiger partial charge >= 0.3 is 0 Å². The summed E-state index contributed by atoms with van der Waals surface area (Å²) in [6.45, 7) is 0.211. The number of nitrogens with one attached hydrogen (secondary N) is 2. The molecule has 0 bridgehead atoms. The molecule has 0 unspecified atom stereocenters. The highest BCUT2D eigenvalue weighted by molar-refractivity contribution is 6.05. The maximum absolute atomic E-state index is 13.6. The van der Waals surface area contributed by atoms with Gasteiger partial charge in [-0.2, -0.15) is 0 Å². The number of amides is 1. The Morgan fingerprint density at radius 3 is 2.23 bits per heavy atom. The smallest absolute Gasteiger partial charge is 0.277 e. The third-order valence-electron chi connectivity index (χ3n) is 4.03. The number of carbonyl (C=O) groups is 1. The predicted molar refractivity (Wildman–Crippen MR) is 106 cm³/mol. The van der Waals surface area contributed by atoms with Crippen LogP contribution in [0, 0.1) is 26.0 Å². The molecule has 10 nitrogen and oxygen atoms in total. The molecule has 1 heterocycles. The van der Waals surface area contributed by atoms with Crippen LogP contribution < -0.4 is 10.6 Å². The fourth-order valence-corrected chi connectivity index (χ4v) is 2.54. The van der Waals surface area contributed by atoms with Gasteiger partial charge in [-0.25, -0.2) is 9.37 Å². The molecule has 3 rings (SSSR count). The number of nitro benzene ring substituents is 2. The molecule has 0 spiro atoms. The SMILES string of the molecule is O=C(Nc1ccc(NCc2ccccc2F)nc1)c1cc([N+](=O)[O-])cc([N+](=O)[O-])c1. The molecule has 0 radical (unpaired) electrons. The number of hydrogen-bond donors (Lipinski definition) is 2. The molecule has 11 heteroatoms. The Kier molecular flexibility index (Phi) is 5.92. The van der Waals surface area contributed by atoms with Crippen molar-refractivity contribution in [3.63, 3.8) is 0 Å². The number of anilines is 2. The van der Waals surface area contributed by atoms with E-state index >= 15 is 0 Å². The highest BCUT2D eigenvalue weighted by Gasteiger charge is 2.20. The number of halogens is 1. The van der Waals surface area contributed by atoms with E-state index in [-0.39, 0.29) is 23.6 Å². The average Bonchev–Trinajstić information content (AvgIpc) is 2.73. The summed E-state index contributed by atoms with van der Waals surface area (Å²) in [6, 6.07) is 12.0. The lowest BCUT2D eigenvalue weighted by Gasteiger charge is -2.08. The molecule has 2 aromatic carbocycles. The van der Waals surface area contributed by atoms with Crippen LogP contribution in [0.4, 0.5) is 27.3 Å². The quantitative estimate of drug-likeness (QED) is 0.444. The van der Waals surface area contributed by atoms with Gasteiger partial charge in [-0.15, -0.1) is 0 Å². The van der Waals surface area contributed by atoms with E-state index in [4.69, 9.17) is 0 Å². The highest BCUT2D eigenvalue weighted by Crippen LogP contribution is 2.23. The van der Waals surface area contributed by atoms with E-state index < -0.39 is 27.1 Å². The Hall–Kier alpha value is -4.41. The van der Waals surface area contributed by atoms with Crippen LogP contribution in [0.2, 0.25) is 0 Å². The van der Waals surface area contributed by atoms with Crippen LogP contribution in [0.3, 0.4) is 0 Å². The zero-order chi connectivity index (χ0) is 21.7. The van der Waals surface area contributed by atoms with Crippen molar-refractivity contribution in [3.8, 4) is 0 Å². The molecule has 0 aliphatic carbocycles. The fourth-order valence-electron chi connectivity index (χ4n) is 2.54. The molecule has 0 atom stereocenters. The van der Waals surface area contributed by atoms with E-state index in [0.29, 0.717) is 11.4 Å². The van der Waals surface area contributed by atoms with Gasteiger partial charge in [-0.3, -0.25) is 25.0 Å². The number of aromatic nitrogens is 1. The molecule has 1 aromatic heterocycles. The second-order valence-electron chi connectivity index (χ2n) is 6.08. The van der Waals surface area contributed by atoms with Gasteiger partial charge in [-0.1, -0.05) is 18.2 Å². The first-order valence-electron chi connectivity index (χ1n) is 8.52. The van der Waals surface area contributed by atoms with Crippen molar-refractivity contribution in [3.05, 3.63) is 98.0 Å². The van der Waals surface area contributed by atoms with E-state index in [1.54, 1.807) is 24.3 Å². The van der Waals surface area contributed by atoms with Gasteiger partial charge in [0.2, 0.25) is 0 Å². The summed E-state index contributed by atoms with van der Waals surface area (Å²) in [5.74, 6) is -0.683. The topological polar surface area (TPSA) is 140 Å². The number of benzene rings is 2. The first-order chi connectivity index (χ1) is 14.3. The molecule has 0 aliphatic rings. The van der Waals surface area contributed by atoms with Crippen molar-refractivity contribution in [2.24, 2.45) is 0 Å². The number of rotatable bonds is 7. The Balaban J connectivity index is 1.69. The Labute approximate surface area is 168 Å². The van der Waals surface area contributed by atoms with Crippen LogP contribution >= 0.6 is 0 Å². The van der Waals surface area contributed by atoms with Gasteiger partial charge in [0.25, 0.3) is 17.3 Å². The number of nitrogens with zero attached hydrogens (tertiary/aromatic N) is 3. The average molecular weight is 411 g/mol. The van der Waals surface area contributed by atoms with Crippen molar-refractivity contribution < 1.29 is 19.0 Å². The Bertz CT molecular complexity index is 1090. The molecule has 152 valence electrons. The summed E-state index contributed by atoms with van der Waals surface area (Å²) in [6.07, 6.45) is 1.33. The number of hydrogen-bond acceptors (Lipinski definition) is 7. The standard InChI is InChI=1S/C19H14FN5O5/c20-17-4-2-1-3-12(17)10-21-18-6-5-14(11-22-18)23-19(26)13-7-15(24(27)28)9-16(8-13)25(29)30/h1-9,11H,10H2,(H,21,22)(H,23,26). The molecular weight excluding hydrogens is 397 g/mol. The minimum absolute atomic E-state index is 0.211. The van der Waals surface area contributed by atoms with Crippen LogP contribution in [-0.4, -0.2) is 20.7 Å². The van der Waals surface area contributed by atoms with Crippen LogP contribution in [0.1, 0.15) is 15.9 Å². The van der Waals surface area contributed by atoms with Crippen LogP contribution in [0.5, 0.6) is 0 Å². The Morgan fingerprint density at radius 1 is 1.00 bits per heavy atom. The number of carbonyl (C=O) groups excluding carboxylic acids is 1. The minimum atomic E-state index is -0.818. The predicted octanol–water partition coefficient (Wildman–Crippen LogP) is 3.90. The monoisotopic (exact) mass is 411 g/mol. The molecule has 3 aromatic rings.